The molecule has 2 fully saturated rings. The van der Waals surface area contributed by atoms with Gasteiger partial charge in [-0.15, -0.1) is 0 Å². The van der Waals surface area contributed by atoms with E-state index in [1.807, 2.05) is 18.2 Å². The number of ether oxygens (including phenoxy) is 1. The van der Waals surface area contributed by atoms with E-state index in [9.17, 15) is 0 Å². The molecule has 134 valence electrons. The molecule has 1 atom stereocenters. The third-order valence-electron chi connectivity index (χ3n) is 4.94. The molecule has 0 spiro atoms. The highest BCUT2D eigenvalue weighted by Gasteiger charge is 2.24. The van der Waals surface area contributed by atoms with Gasteiger partial charge in [0.15, 0.2) is 0 Å². The maximum Gasteiger partial charge on any atom is 0.241 e. The molecular formula is C18H25N5O2. The highest BCUT2D eigenvalue weighted by Crippen LogP contribution is 2.20. The van der Waals surface area contributed by atoms with Crippen molar-refractivity contribution >= 4 is 0 Å². The molecule has 0 aliphatic carbocycles. The summed E-state index contributed by atoms with van der Waals surface area (Å²) in [7, 11) is 0. The van der Waals surface area contributed by atoms with Crippen molar-refractivity contribution in [1.82, 2.24) is 24.9 Å². The van der Waals surface area contributed by atoms with Gasteiger partial charge in [0.05, 0.1) is 19.8 Å². The summed E-state index contributed by atoms with van der Waals surface area (Å²) in [4.78, 5) is 13.7. The van der Waals surface area contributed by atoms with E-state index in [1.54, 1.807) is 6.20 Å². The number of likely N-dealkylation sites (tertiary alicyclic amines) is 1. The predicted molar refractivity (Wildman–Crippen MR) is 92.8 cm³/mol. The summed E-state index contributed by atoms with van der Waals surface area (Å²) < 4.78 is 10.9. The average Bonchev–Trinajstić information content (AvgIpc) is 3.12. The normalized spacial score (nSPS) is 23.0. The molecule has 0 amide bonds. The van der Waals surface area contributed by atoms with E-state index in [4.69, 9.17) is 9.26 Å². The minimum atomic E-state index is 0.567. The van der Waals surface area contributed by atoms with E-state index in [2.05, 4.69) is 24.9 Å². The third-order valence-corrected chi connectivity index (χ3v) is 4.94. The Labute approximate surface area is 148 Å². The topological polar surface area (TPSA) is 67.5 Å². The molecule has 4 rings (SSSR count). The number of pyridine rings is 1. The van der Waals surface area contributed by atoms with Crippen molar-refractivity contribution in [2.24, 2.45) is 5.92 Å². The van der Waals surface area contributed by atoms with Gasteiger partial charge in [0.25, 0.3) is 0 Å². The van der Waals surface area contributed by atoms with Gasteiger partial charge >= 0.3 is 0 Å². The summed E-state index contributed by atoms with van der Waals surface area (Å²) in [6.45, 7) is 7.95. The molecule has 0 unspecified atom stereocenters. The van der Waals surface area contributed by atoms with E-state index < -0.39 is 0 Å². The minimum Gasteiger partial charge on any atom is -0.379 e. The number of aromatic nitrogens is 3. The first-order valence-electron chi connectivity index (χ1n) is 9.13. The SMILES string of the molecule is c1ccc(-c2noc(CN3CCC[C@H](CN4CCOCC4)C3)n2)nc1. The van der Waals surface area contributed by atoms with E-state index in [-0.39, 0.29) is 0 Å². The Balaban J connectivity index is 1.32. The summed E-state index contributed by atoms with van der Waals surface area (Å²) in [5, 5.41) is 4.07. The Hall–Kier alpha value is -1.83. The van der Waals surface area contributed by atoms with Crippen molar-refractivity contribution in [3.05, 3.63) is 30.3 Å². The van der Waals surface area contributed by atoms with Crippen LogP contribution >= 0.6 is 0 Å². The van der Waals surface area contributed by atoms with Crippen molar-refractivity contribution < 1.29 is 9.26 Å². The van der Waals surface area contributed by atoms with Gasteiger partial charge in [-0.3, -0.25) is 14.8 Å². The van der Waals surface area contributed by atoms with Crippen LogP contribution in [-0.4, -0.2) is 70.9 Å². The molecule has 2 aliphatic heterocycles. The fraction of sp³-hybridized carbons (Fsp3) is 0.611. The summed E-state index contributed by atoms with van der Waals surface area (Å²) in [6, 6.07) is 5.71. The van der Waals surface area contributed by atoms with Crippen molar-refractivity contribution in [1.29, 1.82) is 0 Å². The quantitative estimate of drug-likeness (QED) is 0.818. The average molecular weight is 343 g/mol. The van der Waals surface area contributed by atoms with Crippen molar-refractivity contribution in [2.75, 3.05) is 45.9 Å². The number of rotatable bonds is 5. The Kier molecular flexibility index (Phi) is 5.34. The largest absolute Gasteiger partial charge is 0.379 e. The molecule has 25 heavy (non-hydrogen) atoms. The second-order valence-corrected chi connectivity index (χ2v) is 6.88. The Morgan fingerprint density at radius 3 is 2.88 bits per heavy atom. The zero-order valence-corrected chi connectivity index (χ0v) is 14.5. The van der Waals surface area contributed by atoms with Gasteiger partial charge in [-0.05, 0) is 37.4 Å². The molecule has 2 aliphatic rings. The number of hydrogen-bond acceptors (Lipinski definition) is 7. The number of morpholine rings is 1. The zero-order valence-electron chi connectivity index (χ0n) is 14.5. The summed E-state index contributed by atoms with van der Waals surface area (Å²) in [6.07, 6.45) is 4.28. The van der Waals surface area contributed by atoms with Crippen LogP contribution < -0.4 is 0 Å². The molecule has 0 saturated carbocycles. The fourth-order valence-electron chi connectivity index (χ4n) is 3.70. The minimum absolute atomic E-state index is 0.567. The summed E-state index contributed by atoms with van der Waals surface area (Å²) >= 11 is 0. The Bertz CT molecular complexity index is 656. The lowest BCUT2D eigenvalue weighted by atomic mass is 9.97. The number of nitrogens with zero attached hydrogens (tertiary/aromatic N) is 5. The fourth-order valence-corrected chi connectivity index (χ4v) is 3.70. The molecule has 0 aromatic carbocycles. The maximum absolute atomic E-state index is 5.44. The van der Waals surface area contributed by atoms with Crippen LogP contribution in [0.4, 0.5) is 0 Å². The van der Waals surface area contributed by atoms with Gasteiger partial charge < -0.3 is 9.26 Å². The highest BCUT2D eigenvalue weighted by molar-refractivity contribution is 5.46. The van der Waals surface area contributed by atoms with Crippen LogP contribution in [0, 0.1) is 5.92 Å². The third kappa shape index (κ3) is 4.42. The summed E-state index contributed by atoms with van der Waals surface area (Å²) in [5.74, 6) is 1.95. The molecule has 0 N–H and O–H groups in total. The van der Waals surface area contributed by atoms with Crippen LogP contribution in [0.3, 0.4) is 0 Å². The van der Waals surface area contributed by atoms with Crippen LogP contribution in [0.15, 0.2) is 28.9 Å². The first-order valence-corrected chi connectivity index (χ1v) is 9.13. The Morgan fingerprint density at radius 2 is 2.04 bits per heavy atom. The molecule has 0 radical (unpaired) electrons. The van der Waals surface area contributed by atoms with E-state index in [0.717, 1.165) is 51.6 Å². The molecular weight excluding hydrogens is 318 g/mol. The predicted octanol–water partition coefficient (Wildman–Crippen LogP) is 1.68. The number of piperidine rings is 1. The second-order valence-electron chi connectivity index (χ2n) is 6.88. The van der Waals surface area contributed by atoms with E-state index in [1.165, 1.54) is 19.4 Å². The molecule has 0 bridgehead atoms. The van der Waals surface area contributed by atoms with Crippen LogP contribution in [-0.2, 0) is 11.3 Å². The zero-order chi connectivity index (χ0) is 16.9. The maximum atomic E-state index is 5.44. The van der Waals surface area contributed by atoms with Gasteiger partial charge in [0, 0.05) is 32.4 Å². The monoisotopic (exact) mass is 343 g/mol. The Morgan fingerprint density at radius 1 is 1.12 bits per heavy atom. The lowest BCUT2D eigenvalue weighted by Gasteiger charge is -2.36. The summed E-state index contributed by atoms with van der Waals surface area (Å²) in [5.41, 5.74) is 0.751. The van der Waals surface area contributed by atoms with Crippen LogP contribution in [0.5, 0.6) is 0 Å². The second kappa shape index (κ2) is 8.03. The van der Waals surface area contributed by atoms with Gasteiger partial charge in [0.2, 0.25) is 11.7 Å². The number of hydrogen-bond donors (Lipinski definition) is 0. The lowest BCUT2D eigenvalue weighted by Crippen LogP contribution is -2.44. The van der Waals surface area contributed by atoms with Gasteiger partial charge in [-0.25, -0.2) is 0 Å². The van der Waals surface area contributed by atoms with Gasteiger partial charge in [-0.2, -0.15) is 4.98 Å². The highest BCUT2D eigenvalue weighted by atomic mass is 16.5. The van der Waals surface area contributed by atoms with Crippen LogP contribution in [0.2, 0.25) is 0 Å². The smallest absolute Gasteiger partial charge is 0.241 e. The lowest BCUT2D eigenvalue weighted by molar-refractivity contribution is 0.0218. The first kappa shape index (κ1) is 16.6. The van der Waals surface area contributed by atoms with E-state index in [0.29, 0.717) is 17.6 Å². The van der Waals surface area contributed by atoms with Gasteiger partial charge in [0.1, 0.15) is 5.69 Å². The molecule has 4 heterocycles. The molecule has 2 aromatic heterocycles. The molecule has 7 heteroatoms. The van der Waals surface area contributed by atoms with Crippen LogP contribution in [0.25, 0.3) is 11.5 Å². The van der Waals surface area contributed by atoms with Crippen molar-refractivity contribution in [3.8, 4) is 11.5 Å². The van der Waals surface area contributed by atoms with Crippen molar-refractivity contribution in [3.63, 3.8) is 0 Å². The molecule has 7 nitrogen and oxygen atoms in total. The standard InChI is InChI=1S/C18H25N5O2/c1-2-6-19-16(5-1)18-20-17(25-21-18)14-23-7-3-4-15(13-23)12-22-8-10-24-11-9-22/h1-2,5-6,15H,3-4,7-14H2/t15-/m1/s1. The molecule has 2 aromatic rings. The van der Waals surface area contributed by atoms with E-state index >= 15 is 0 Å². The first-order chi connectivity index (χ1) is 12.4. The van der Waals surface area contributed by atoms with Gasteiger partial charge in [-0.1, -0.05) is 11.2 Å². The molecule has 2 saturated heterocycles. The van der Waals surface area contributed by atoms with Crippen LogP contribution in [0.1, 0.15) is 18.7 Å². The van der Waals surface area contributed by atoms with Crippen molar-refractivity contribution in [2.45, 2.75) is 19.4 Å².